The van der Waals surface area contributed by atoms with Gasteiger partial charge >= 0.3 is 5.97 Å². The van der Waals surface area contributed by atoms with E-state index in [2.05, 4.69) is 0 Å². The second kappa shape index (κ2) is 6.50. The van der Waals surface area contributed by atoms with E-state index in [0.29, 0.717) is 25.8 Å². The molecule has 0 amide bonds. The number of carbonyl (C=O) groups excluding carboxylic acids is 1. The van der Waals surface area contributed by atoms with Crippen molar-refractivity contribution in [1.29, 1.82) is 0 Å². The zero-order chi connectivity index (χ0) is 11.1. The van der Waals surface area contributed by atoms with Gasteiger partial charge in [-0.15, -0.1) is 0 Å². The van der Waals surface area contributed by atoms with Crippen LogP contribution in [-0.2, 0) is 9.59 Å². The van der Waals surface area contributed by atoms with E-state index in [1.54, 1.807) is 0 Å². The molecule has 2 atom stereocenters. The highest BCUT2D eigenvalue weighted by Crippen LogP contribution is 2.15. The summed E-state index contributed by atoms with van der Waals surface area (Å²) in [7, 11) is 0. The van der Waals surface area contributed by atoms with Crippen molar-refractivity contribution in [3.05, 3.63) is 0 Å². The third-order valence-corrected chi connectivity index (χ3v) is 2.06. The van der Waals surface area contributed by atoms with Gasteiger partial charge in [-0.05, 0) is 32.2 Å². The molecule has 0 bridgehead atoms. The van der Waals surface area contributed by atoms with E-state index in [1.807, 2.05) is 0 Å². The molecule has 0 saturated carbocycles. The topological polar surface area (TPSA) is 106 Å². The predicted octanol–water partition coefficient (Wildman–Crippen LogP) is -0.267. The number of Topliss-reactive ketones (excluding diaryl/α,β-unsaturated/α-hetero) is 1. The van der Waals surface area contributed by atoms with Crippen LogP contribution in [0, 0.1) is 5.92 Å². The van der Waals surface area contributed by atoms with Gasteiger partial charge in [0.05, 0.1) is 0 Å². The number of hydrogen-bond donors (Lipinski definition) is 3. The molecule has 14 heavy (non-hydrogen) atoms. The minimum Gasteiger partial charge on any atom is -0.480 e. The van der Waals surface area contributed by atoms with Crippen LogP contribution >= 0.6 is 0 Å². The maximum Gasteiger partial charge on any atom is 0.320 e. The van der Waals surface area contributed by atoms with Crippen LogP contribution in [0.25, 0.3) is 0 Å². The molecule has 0 aliphatic carbocycles. The Bertz CT molecular complexity index is 206. The van der Waals surface area contributed by atoms with E-state index < -0.39 is 12.0 Å². The first-order chi connectivity index (χ1) is 6.47. The van der Waals surface area contributed by atoms with Crippen LogP contribution in [0.15, 0.2) is 0 Å². The maximum absolute atomic E-state index is 10.9. The number of carboxylic acids is 1. The van der Waals surface area contributed by atoms with Crippen molar-refractivity contribution >= 4 is 11.8 Å². The number of hydrogen-bond acceptors (Lipinski definition) is 4. The van der Waals surface area contributed by atoms with Gasteiger partial charge in [-0.1, -0.05) is 0 Å². The van der Waals surface area contributed by atoms with E-state index in [1.165, 1.54) is 6.92 Å². The third-order valence-electron chi connectivity index (χ3n) is 2.06. The van der Waals surface area contributed by atoms with Crippen molar-refractivity contribution in [2.45, 2.75) is 32.2 Å². The van der Waals surface area contributed by atoms with E-state index in [-0.39, 0.29) is 11.7 Å². The van der Waals surface area contributed by atoms with E-state index in [4.69, 9.17) is 16.6 Å². The molecule has 0 aromatic carbocycles. The molecule has 0 aromatic rings. The molecule has 0 aliphatic heterocycles. The van der Waals surface area contributed by atoms with Crippen molar-refractivity contribution in [2.75, 3.05) is 6.54 Å². The van der Waals surface area contributed by atoms with Crippen LogP contribution in [0.4, 0.5) is 0 Å². The van der Waals surface area contributed by atoms with E-state index >= 15 is 0 Å². The average molecular weight is 202 g/mol. The number of ketones is 1. The minimum atomic E-state index is -1.03. The number of rotatable bonds is 7. The van der Waals surface area contributed by atoms with Crippen LogP contribution < -0.4 is 11.5 Å². The molecule has 0 aliphatic rings. The molecule has 2 unspecified atom stereocenters. The lowest BCUT2D eigenvalue weighted by atomic mass is 9.92. The van der Waals surface area contributed by atoms with Crippen LogP contribution in [0.5, 0.6) is 0 Å². The molecule has 82 valence electrons. The highest BCUT2D eigenvalue weighted by molar-refractivity contribution is 5.76. The fraction of sp³-hybridized carbons (Fsp3) is 0.778. The lowest BCUT2D eigenvalue weighted by Gasteiger charge is -2.16. The lowest BCUT2D eigenvalue weighted by Crippen LogP contribution is -2.33. The zero-order valence-corrected chi connectivity index (χ0v) is 8.40. The molecule has 0 aromatic heterocycles. The first-order valence-electron chi connectivity index (χ1n) is 4.65. The van der Waals surface area contributed by atoms with Gasteiger partial charge in [-0.3, -0.25) is 4.79 Å². The molecule has 0 heterocycles. The van der Waals surface area contributed by atoms with Crippen molar-refractivity contribution < 1.29 is 14.7 Å². The summed E-state index contributed by atoms with van der Waals surface area (Å²) in [5, 5.41) is 8.59. The monoisotopic (exact) mass is 202 g/mol. The Hall–Kier alpha value is -0.940. The Balaban J connectivity index is 4.07. The van der Waals surface area contributed by atoms with Gasteiger partial charge in [0.2, 0.25) is 0 Å². The first kappa shape index (κ1) is 13.1. The summed E-state index contributed by atoms with van der Waals surface area (Å²) in [6.45, 7) is 1.93. The van der Waals surface area contributed by atoms with Crippen LogP contribution in [0.2, 0.25) is 0 Å². The normalized spacial score (nSPS) is 14.8. The number of carbonyl (C=O) groups is 2. The molecule has 5 nitrogen and oxygen atoms in total. The van der Waals surface area contributed by atoms with Gasteiger partial charge in [-0.2, -0.15) is 0 Å². The molecule has 0 saturated heterocycles. The molecule has 0 rings (SSSR count). The minimum absolute atomic E-state index is 0.0106. The Morgan fingerprint density at radius 3 is 2.36 bits per heavy atom. The summed E-state index contributed by atoms with van der Waals surface area (Å²) in [4.78, 5) is 21.3. The van der Waals surface area contributed by atoms with Crippen molar-refractivity contribution in [3.8, 4) is 0 Å². The highest BCUT2D eigenvalue weighted by Gasteiger charge is 2.19. The van der Waals surface area contributed by atoms with Gasteiger partial charge in [-0.25, -0.2) is 0 Å². The van der Waals surface area contributed by atoms with Gasteiger partial charge in [0.15, 0.2) is 0 Å². The molecule has 0 fully saturated rings. The summed E-state index contributed by atoms with van der Waals surface area (Å²) in [5.41, 5.74) is 10.7. The van der Waals surface area contributed by atoms with Gasteiger partial charge < -0.3 is 21.4 Å². The maximum atomic E-state index is 10.9. The Morgan fingerprint density at radius 2 is 2.00 bits per heavy atom. The summed E-state index contributed by atoms with van der Waals surface area (Å²) >= 11 is 0. The summed E-state index contributed by atoms with van der Waals surface area (Å²) in [6.07, 6.45) is 1.31. The molecule has 5 N–H and O–H groups in total. The second-order valence-corrected chi connectivity index (χ2v) is 3.53. The Morgan fingerprint density at radius 1 is 1.43 bits per heavy atom. The van der Waals surface area contributed by atoms with Crippen molar-refractivity contribution in [2.24, 2.45) is 17.4 Å². The molecule has 0 spiro atoms. The first-order valence-corrected chi connectivity index (χ1v) is 4.65. The fourth-order valence-electron chi connectivity index (χ4n) is 1.41. The fourth-order valence-corrected chi connectivity index (χ4v) is 1.41. The number of aliphatic carboxylic acids is 1. The van der Waals surface area contributed by atoms with Crippen LogP contribution in [-0.4, -0.2) is 29.4 Å². The lowest BCUT2D eigenvalue weighted by molar-refractivity contribution is -0.139. The molecular formula is C9H18N2O3. The largest absolute Gasteiger partial charge is 0.480 e. The second-order valence-electron chi connectivity index (χ2n) is 3.53. The van der Waals surface area contributed by atoms with E-state index in [0.717, 1.165) is 0 Å². The summed E-state index contributed by atoms with van der Waals surface area (Å²) in [5.74, 6) is -1.000. The van der Waals surface area contributed by atoms with E-state index in [9.17, 15) is 9.59 Å². The average Bonchev–Trinajstić information content (AvgIpc) is 2.02. The van der Waals surface area contributed by atoms with Gasteiger partial charge in [0.1, 0.15) is 11.8 Å². The molecule has 5 heteroatoms. The van der Waals surface area contributed by atoms with Gasteiger partial charge in [0, 0.05) is 6.42 Å². The summed E-state index contributed by atoms with van der Waals surface area (Å²) in [6, 6.07) is -0.897. The van der Waals surface area contributed by atoms with Crippen molar-refractivity contribution in [1.82, 2.24) is 0 Å². The Kier molecular flexibility index (Phi) is 6.07. The quantitative estimate of drug-likeness (QED) is 0.527. The van der Waals surface area contributed by atoms with Crippen LogP contribution in [0.3, 0.4) is 0 Å². The number of nitrogens with two attached hydrogens (primary N) is 2. The van der Waals surface area contributed by atoms with Crippen LogP contribution in [0.1, 0.15) is 26.2 Å². The number of carboxylic acid groups (broad SMARTS) is 1. The highest BCUT2D eigenvalue weighted by atomic mass is 16.4. The molecular weight excluding hydrogens is 184 g/mol. The zero-order valence-electron chi connectivity index (χ0n) is 8.40. The Labute approximate surface area is 83.5 Å². The predicted molar refractivity (Wildman–Crippen MR) is 52.7 cm³/mol. The van der Waals surface area contributed by atoms with Crippen molar-refractivity contribution in [3.63, 3.8) is 0 Å². The van der Waals surface area contributed by atoms with Gasteiger partial charge in [0.25, 0.3) is 0 Å². The third kappa shape index (κ3) is 5.66. The SMILES string of the molecule is CC(=O)CC(CCN)CC(N)C(=O)O. The summed E-state index contributed by atoms with van der Waals surface area (Å²) < 4.78 is 0. The molecule has 0 radical (unpaired) electrons. The standard InChI is InChI=1S/C9H18N2O3/c1-6(12)4-7(2-3-10)5-8(11)9(13)14/h7-8H,2-5,10-11H2,1H3,(H,13,14). The smallest absolute Gasteiger partial charge is 0.320 e.